The summed E-state index contributed by atoms with van der Waals surface area (Å²) in [5.41, 5.74) is 1.11. The molecule has 0 bridgehead atoms. The first-order valence-electron chi connectivity index (χ1n) is 8.15. The minimum atomic E-state index is 0.799. The molecule has 2 aliphatic rings. The average molecular weight is 274 g/mol. The van der Waals surface area contributed by atoms with Gasteiger partial charge in [0.1, 0.15) is 5.82 Å². The van der Waals surface area contributed by atoms with Gasteiger partial charge in [-0.25, -0.2) is 4.98 Å². The normalized spacial score (nSPS) is 27.1. The molecular formula is C16H26N4. The molecule has 4 nitrogen and oxygen atoms in total. The van der Waals surface area contributed by atoms with E-state index in [1.165, 1.54) is 45.1 Å². The predicted molar refractivity (Wildman–Crippen MR) is 81.6 cm³/mol. The number of aromatic nitrogens is 2. The first-order valence-corrected chi connectivity index (χ1v) is 8.15. The number of nitrogens with one attached hydrogen (secondary N) is 1. The first-order chi connectivity index (χ1) is 9.86. The van der Waals surface area contributed by atoms with Gasteiger partial charge >= 0.3 is 0 Å². The number of hydrogen-bond donors (Lipinski definition) is 1. The second-order valence-corrected chi connectivity index (χ2v) is 6.15. The Kier molecular flexibility index (Phi) is 4.51. The van der Waals surface area contributed by atoms with Crippen LogP contribution < -0.4 is 5.32 Å². The summed E-state index contributed by atoms with van der Waals surface area (Å²) in [6.07, 6.45) is 12.2. The lowest BCUT2D eigenvalue weighted by Crippen LogP contribution is -2.46. The van der Waals surface area contributed by atoms with Crippen LogP contribution in [0.2, 0.25) is 0 Å². The molecule has 2 atom stereocenters. The molecule has 0 amide bonds. The lowest BCUT2D eigenvalue weighted by molar-refractivity contribution is 0.0536. The van der Waals surface area contributed by atoms with Crippen molar-refractivity contribution in [1.82, 2.24) is 14.9 Å². The maximum absolute atomic E-state index is 4.56. The summed E-state index contributed by atoms with van der Waals surface area (Å²) in [5.74, 6) is 1.82. The van der Waals surface area contributed by atoms with E-state index in [1.54, 1.807) is 0 Å². The van der Waals surface area contributed by atoms with Gasteiger partial charge in [0.25, 0.3) is 0 Å². The van der Waals surface area contributed by atoms with E-state index in [1.807, 2.05) is 12.4 Å². The Morgan fingerprint density at radius 3 is 2.80 bits per heavy atom. The number of hydrogen-bond acceptors (Lipinski definition) is 4. The summed E-state index contributed by atoms with van der Waals surface area (Å²) in [5, 5.41) is 3.20. The minimum Gasteiger partial charge on any atom is -0.369 e. The van der Waals surface area contributed by atoms with E-state index in [0.29, 0.717) is 0 Å². The molecule has 4 heteroatoms. The van der Waals surface area contributed by atoms with Crippen molar-refractivity contribution in [2.75, 3.05) is 18.4 Å². The van der Waals surface area contributed by atoms with E-state index in [-0.39, 0.29) is 0 Å². The van der Waals surface area contributed by atoms with Gasteiger partial charge in [0.15, 0.2) is 0 Å². The summed E-state index contributed by atoms with van der Waals surface area (Å²) in [6, 6.07) is 0.799. The smallest absolute Gasteiger partial charge is 0.144 e. The topological polar surface area (TPSA) is 41.1 Å². The van der Waals surface area contributed by atoms with Crippen LogP contribution in [0.4, 0.5) is 5.82 Å². The van der Waals surface area contributed by atoms with Crippen molar-refractivity contribution in [3.8, 4) is 0 Å². The Bertz CT molecular complexity index is 415. The zero-order valence-corrected chi connectivity index (χ0v) is 12.5. The lowest BCUT2D eigenvalue weighted by Gasteiger charge is -2.44. The van der Waals surface area contributed by atoms with Crippen molar-refractivity contribution in [2.24, 2.45) is 5.92 Å². The Labute approximate surface area is 122 Å². The van der Waals surface area contributed by atoms with Crippen molar-refractivity contribution in [3.63, 3.8) is 0 Å². The van der Waals surface area contributed by atoms with Crippen LogP contribution in [0.1, 0.15) is 51.1 Å². The van der Waals surface area contributed by atoms with Crippen LogP contribution in [0.5, 0.6) is 0 Å². The second-order valence-electron chi connectivity index (χ2n) is 6.15. The van der Waals surface area contributed by atoms with Gasteiger partial charge in [-0.1, -0.05) is 12.8 Å². The van der Waals surface area contributed by atoms with E-state index in [4.69, 9.17) is 0 Å². The summed E-state index contributed by atoms with van der Waals surface area (Å²) in [7, 11) is 0. The SMILES string of the molecule is CCNc1cnc(CN2CCCC3CCCCC32)cn1. The molecule has 0 aromatic carbocycles. The monoisotopic (exact) mass is 274 g/mol. The van der Waals surface area contributed by atoms with Gasteiger partial charge in [-0.15, -0.1) is 0 Å². The predicted octanol–water partition coefficient (Wildman–Crippen LogP) is 3.06. The van der Waals surface area contributed by atoms with Gasteiger partial charge in [-0.2, -0.15) is 0 Å². The molecule has 3 rings (SSSR count). The van der Waals surface area contributed by atoms with Gasteiger partial charge in [-0.05, 0) is 45.1 Å². The molecular weight excluding hydrogens is 248 g/mol. The molecule has 0 spiro atoms. The molecule has 2 fully saturated rings. The molecule has 1 aliphatic carbocycles. The average Bonchev–Trinajstić information content (AvgIpc) is 2.50. The van der Waals surface area contributed by atoms with Crippen LogP contribution in [-0.4, -0.2) is 34.0 Å². The van der Waals surface area contributed by atoms with Crippen LogP contribution in [0.15, 0.2) is 12.4 Å². The Morgan fingerprint density at radius 2 is 2.00 bits per heavy atom. The van der Waals surface area contributed by atoms with Crippen molar-refractivity contribution in [3.05, 3.63) is 18.1 Å². The maximum Gasteiger partial charge on any atom is 0.144 e. The number of rotatable bonds is 4. The first kappa shape index (κ1) is 13.8. The number of fused-ring (bicyclic) bond motifs is 1. The van der Waals surface area contributed by atoms with Crippen molar-refractivity contribution in [2.45, 2.75) is 58.0 Å². The molecule has 1 saturated carbocycles. The number of anilines is 1. The third-order valence-electron chi connectivity index (χ3n) is 4.79. The molecule has 0 radical (unpaired) electrons. The van der Waals surface area contributed by atoms with E-state index in [2.05, 4.69) is 27.1 Å². The van der Waals surface area contributed by atoms with Gasteiger partial charge in [0.05, 0.1) is 18.1 Å². The highest BCUT2D eigenvalue weighted by molar-refractivity contribution is 5.30. The number of piperidine rings is 1. The van der Waals surface area contributed by atoms with E-state index in [9.17, 15) is 0 Å². The molecule has 2 unspecified atom stereocenters. The van der Waals surface area contributed by atoms with Gasteiger partial charge in [0, 0.05) is 19.1 Å². The minimum absolute atomic E-state index is 0.799. The zero-order chi connectivity index (χ0) is 13.8. The second kappa shape index (κ2) is 6.53. The molecule has 1 saturated heterocycles. The van der Waals surface area contributed by atoms with Crippen LogP contribution in [-0.2, 0) is 6.54 Å². The molecule has 2 heterocycles. The van der Waals surface area contributed by atoms with Crippen molar-refractivity contribution in [1.29, 1.82) is 0 Å². The van der Waals surface area contributed by atoms with E-state index >= 15 is 0 Å². The third-order valence-corrected chi connectivity index (χ3v) is 4.79. The number of nitrogens with zero attached hydrogens (tertiary/aromatic N) is 3. The molecule has 1 aromatic heterocycles. The van der Waals surface area contributed by atoms with Gasteiger partial charge < -0.3 is 5.32 Å². The third kappa shape index (κ3) is 3.11. The standard InChI is InChI=1S/C16H26N4/c1-2-17-16-11-18-14(10-19-16)12-20-9-5-7-13-6-3-4-8-15(13)20/h10-11,13,15H,2-9,12H2,1H3,(H,17,19). The van der Waals surface area contributed by atoms with Crippen LogP contribution in [0, 0.1) is 5.92 Å². The molecule has 20 heavy (non-hydrogen) atoms. The fourth-order valence-electron chi connectivity index (χ4n) is 3.84. The summed E-state index contributed by atoms with van der Waals surface area (Å²) in [4.78, 5) is 11.7. The molecule has 1 aliphatic heterocycles. The van der Waals surface area contributed by atoms with Crippen LogP contribution in [0.3, 0.4) is 0 Å². The number of likely N-dealkylation sites (tertiary alicyclic amines) is 1. The van der Waals surface area contributed by atoms with Gasteiger partial charge in [-0.3, -0.25) is 9.88 Å². The van der Waals surface area contributed by atoms with Gasteiger partial charge in [0.2, 0.25) is 0 Å². The highest BCUT2D eigenvalue weighted by atomic mass is 15.2. The fraction of sp³-hybridized carbons (Fsp3) is 0.750. The Hall–Kier alpha value is -1.16. The van der Waals surface area contributed by atoms with E-state index < -0.39 is 0 Å². The zero-order valence-electron chi connectivity index (χ0n) is 12.5. The molecule has 1 aromatic rings. The Balaban J connectivity index is 1.63. The van der Waals surface area contributed by atoms with E-state index in [0.717, 1.165) is 36.6 Å². The quantitative estimate of drug-likeness (QED) is 0.916. The summed E-state index contributed by atoms with van der Waals surface area (Å²) >= 11 is 0. The highest BCUT2D eigenvalue weighted by Crippen LogP contribution is 2.35. The van der Waals surface area contributed by atoms with Crippen LogP contribution in [0.25, 0.3) is 0 Å². The lowest BCUT2D eigenvalue weighted by atomic mass is 9.78. The maximum atomic E-state index is 4.56. The highest BCUT2D eigenvalue weighted by Gasteiger charge is 2.33. The summed E-state index contributed by atoms with van der Waals surface area (Å²) in [6.45, 7) is 5.18. The fourth-order valence-corrected chi connectivity index (χ4v) is 3.84. The summed E-state index contributed by atoms with van der Waals surface area (Å²) < 4.78 is 0. The molecule has 1 N–H and O–H groups in total. The van der Waals surface area contributed by atoms with Crippen molar-refractivity contribution >= 4 is 5.82 Å². The molecule has 110 valence electrons. The van der Waals surface area contributed by atoms with Crippen molar-refractivity contribution < 1.29 is 0 Å². The largest absolute Gasteiger partial charge is 0.369 e. The Morgan fingerprint density at radius 1 is 1.15 bits per heavy atom. The van der Waals surface area contributed by atoms with Crippen LogP contribution >= 0.6 is 0 Å².